The van der Waals surface area contributed by atoms with Gasteiger partial charge in [0, 0.05) is 5.41 Å². The fourth-order valence-corrected chi connectivity index (χ4v) is 5.72. The molecule has 1 aliphatic rings. The zero-order valence-corrected chi connectivity index (χ0v) is 19.2. The third-order valence-corrected chi connectivity index (χ3v) is 7.59. The van der Waals surface area contributed by atoms with Gasteiger partial charge < -0.3 is 10.2 Å². The van der Waals surface area contributed by atoms with Gasteiger partial charge in [-0.25, -0.2) is 0 Å². The number of hydrogen-bond acceptors (Lipinski definition) is 2. The predicted molar refractivity (Wildman–Crippen MR) is 121 cm³/mol. The van der Waals surface area contributed by atoms with E-state index in [-0.39, 0.29) is 16.2 Å². The zero-order valence-electron chi connectivity index (χ0n) is 19.2. The van der Waals surface area contributed by atoms with Gasteiger partial charge in [0.2, 0.25) is 0 Å². The van der Waals surface area contributed by atoms with Crippen LogP contribution in [0.25, 0.3) is 0 Å². The summed E-state index contributed by atoms with van der Waals surface area (Å²) in [6.45, 7) is 16.6. The summed E-state index contributed by atoms with van der Waals surface area (Å²) in [5.74, 6) is 2.17. The van der Waals surface area contributed by atoms with Gasteiger partial charge >= 0.3 is 0 Å². The number of phenolic OH excluding ortho intramolecular Hbond substituents is 2. The van der Waals surface area contributed by atoms with Crippen LogP contribution in [0.15, 0.2) is 48.5 Å². The Bertz CT molecular complexity index is 773. The Morgan fingerprint density at radius 1 is 0.724 bits per heavy atom. The van der Waals surface area contributed by atoms with Crippen molar-refractivity contribution in [3.63, 3.8) is 0 Å². The van der Waals surface area contributed by atoms with E-state index in [9.17, 15) is 10.2 Å². The normalized spacial score (nSPS) is 25.0. The van der Waals surface area contributed by atoms with Crippen molar-refractivity contribution in [3.8, 4) is 11.5 Å². The second kappa shape index (κ2) is 7.38. The van der Waals surface area contributed by atoms with Crippen LogP contribution in [-0.2, 0) is 5.41 Å². The van der Waals surface area contributed by atoms with E-state index in [4.69, 9.17) is 0 Å². The molecule has 0 spiro atoms. The van der Waals surface area contributed by atoms with Crippen molar-refractivity contribution in [2.24, 2.45) is 28.6 Å². The molecule has 3 atom stereocenters. The van der Waals surface area contributed by atoms with Crippen LogP contribution in [0.3, 0.4) is 0 Å². The van der Waals surface area contributed by atoms with E-state index in [0.29, 0.717) is 29.3 Å². The molecule has 3 rings (SSSR count). The summed E-state index contributed by atoms with van der Waals surface area (Å²) in [7, 11) is 0. The average Bonchev–Trinajstić information content (AvgIpc) is 2.61. The monoisotopic (exact) mass is 394 g/mol. The van der Waals surface area contributed by atoms with Crippen LogP contribution in [0.1, 0.15) is 72.4 Å². The highest BCUT2D eigenvalue weighted by Crippen LogP contribution is 2.59. The van der Waals surface area contributed by atoms with Crippen LogP contribution in [0.2, 0.25) is 0 Å². The van der Waals surface area contributed by atoms with Gasteiger partial charge in [0.25, 0.3) is 0 Å². The molecule has 1 aliphatic carbocycles. The average molecular weight is 395 g/mol. The van der Waals surface area contributed by atoms with Gasteiger partial charge in [-0.2, -0.15) is 0 Å². The van der Waals surface area contributed by atoms with Crippen LogP contribution in [0, 0.1) is 28.6 Å². The first-order valence-electron chi connectivity index (χ1n) is 10.9. The third kappa shape index (κ3) is 4.04. The summed E-state index contributed by atoms with van der Waals surface area (Å²) in [6.07, 6.45) is 2.30. The molecule has 0 amide bonds. The maximum atomic E-state index is 9.94. The van der Waals surface area contributed by atoms with Gasteiger partial charge in [-0.1, -0.05) is 72.7 Å². The van der Waals surface area contributed by atoms with Crippen molar-refractivity contribution in [1.82, 2.24) is 0 Å². The van der Waals surface area contributed by atoms with E-state index in [1.807, 2.05) is 24.3 Å². The zero-order chi connectivity index (χ0) is 21.6. The lowest BCUT2D eigenvalue weighted by atomic mass is 9.47. The Morgan fingerprint density at radius 3 is 1.48 bits per heavy atom. The van der Waals surface area contributed by atoms with Crippen LogP contribution in [-0.4, -0.2) is 10.2 Å². The van der Waals surface area contributed by atoms with Gasteiger partial charge in [0.15, 0.2) is 0 Å². The molecule has 158 valence electrons. The topological polar surface area (TPSA) is 40.5 Å². The lowest BCUT2D eigenvalue weighted by Crippen LogP contribution is -2.51. The highest BCUT2D eigenvalue weighted by Gasteiger charge is 2.53. The maximum Gasteiger partial charge on any atom is 0.115 e. The maximum absolute atomic E-state index is 9.94. The van der Waals surface area contributed by atoms with Gasteiger partial charge in [0.05, 0.1) is 0 Å². The number of rotatable bonds is 2. The van der Waals surface area contributed by atoms with Crippen molar-refractivity contribution in [2.45, 2.75) is 66.7 Å². The summed E-state index contributed by atoms with van der Waals surface area (Å²) in [4.78, 5) is 0. The summed E-state index contributed by atoms with van der Waals surface area (Å²) in [5.41, 5.74) is 2.77. The van der Waals surface area contributed by atoms with Crippen LogP contribution >= 0.6 is 0 Å². The van der Waals surface area contributed by atoms with Gasteiger partial charge in [-0.15, -0.1) is 0 Å². The largest absolute Gasteiger partial charge is 0.508 e. The van der Waals surface area contributed by atoms with E-state index in [0.717, 1.165) is 6.42 Å². The molecule has 2 N–H and O–H groups in total. The molecule has 29 heavy (non-hydrogen) atoms. The number of hydrogen-bond donors (Lipinski definition) is 2. The highest BCUT2D eigenvalue weighted by molar-refractivity contribution is 5.45. The van der Waals surface area contributed by atoms with Crippen molar-refractivity contribution in [2.75, 3.05) is 0 Å². The minimum Gasteiger partial charge on any atom is -0.508 e. The minimum atomic E-state index is -0.157. The van der Waals surface area contributed by atoms with Crippen molar-refractivity contribution < 1.29 is 10.2 Å². The lowest BCUT2D eigenvalue weighted by Gasteiger charge is -2.56. The number of phenols is 2. The second-order valence-electron chi connectivity index (χ2n) is 11.3. The molecular formula is C27H38O2. The summed E-state index contributed by atoms with van der Waals surface area (Å²) >= 11 is 0. The first kappa shape index (κ1) is 21.7. The summed E-state index contributed by atoms with van der Waals surface area (Å²) in [5, 5.41) is 19.9. The van der Waals surface area contributed by atoms with Gasteiger partial charge in [-0.3, -0.25) is 0 Å². The molecule has 0 aliphatic heterocycles. The molecular weight excluding hydrogens is 356 g/mol. The van der Waals surface area contributed by atoms with Crippen molar-refractivity contribution in [3.05, 3.63) is 59.7 Å². The molecule has 1 fully saturated rings. The molecule has 2 aromatic rings. The summed E-state index contributed by atoms with van der Waals surface area (Å²) < 4.78 is 0. The van der Waals surface area contributed by atoms with Gasteiger partial charge in [-0.05, 0) is 76.8 Å². The SMILES string of the molecule is CC1C(C(C)(C)C)CC(C(C)(C)C)CC1(c1ccc(O)cc1)c1ccc(O)cc1. The lowest BCUT2D eigenvalue weighted by molar-refractivity contribution is -0.00170. The fourth-order valence-electron chi connectivity index (χ4n) is 5.72. The molecule has 2 nitrogen and oxygen atoms in total. The molecule has 0 heterocycles. The molecule has 0 bridgehead atoms. The Balaban J connectivity index is 2.28. The Hall–Kier alpha value is -1.96. The first-order chi connectivity index (χ1) is 13.4. The highest BCUT2D eigenvalue weighted by atomic mass is 16.3. The predicted octanol–water partition coefficient (Wildman–Crippen LogP) is 7.14. The molecule has 2 aromatic carbocycles. The second-order valence-corrected chi connectivity index (χ2v) is 11.3. The number of aromatic hydroxyl groups is 2. The molecule has 1 saturated carbocycles. The van der Waals surface area contributed by atoms with E-state index >= 15 is 0 Å². The van der Waals surface area contributed by atoms with Crippen molar-refractivity contribution in [1.29, 1.82) is 0 Å². The standard InChI is InChI=1S/C27H38O2/c1-18-24(26(5,6)7)16-21(25(2,3)4)17-27(18,19-8-12-22(28)13-9-19)20-10-14-23(29)15-11-20/h8-15,18,21,24,28-29H,16-17H2,1-7H3. The van der Waals surface area contributed by atoms with Gasteiger partial charge in [0.1, 0.15) is 11.5 Å². The van der Waals surface area contributed by atoms with Crippen LogP contribution in [0.5, 0.6) is 11.5 Å². The molecule has 0 aromatic heterocycles. The molecule has 0 radical (unpaired) electrons. The number of benzene rings is 2. The van der Waals surface area contributed by atoms with E-state index in [2.05, 4.69) is 72.7 Å². The van der Waals surface area contributed by atoms with E-state index < -0.39 is 0 Å². The Morgan fingerprint density at radius 2 is 1.14 bits per heavy atom. The molecule has 3 unspecified atom stereocenters. The van der Waals surface area contributed by atoms with Crippen LogP contribution < -0.4 is 0 Å². The smallest absolute Gasteiger partial charge is 0.115 e. The van der Waals surface area contributed by atoms with E-state index in [1.54, 1.807) is 0 Å². The first-order valence-corrected chi connectivity index (χ1v) is 10.9. The molecule has 0 saturated heterocycles. The quantitative estimate of drug-likeness (QED) is 0.568. The van der Waals surface area contributed by atoms with Crippen LogP contribution in [0.4, 0.5) is 0 Å². The summed E-state index contributed by atoms with van der Waals surface area (Å²) in [6, 6.07) is 15.7. The van der Waals surface area contributed by atoms with Crippen molar-refractivity contribution >= 4 is 0 Å². The Kier molecular flexibility index (Phi) is 5.53. The fraction of sp³-hybridized carbons (Fsp3) is 0.556. The third-order valence-electron chi connectivity index (χ3n) is 7.59. The van der Waals surface area contributed by atoms with E-state index in [1.165, 1.54) is 17.5 Å². The minimum absolute atomic E-state index is 0.157. The molecule has 2 heteroatoms. The Labute approximate surface area is 177 Å².